The van der Waals surface area contributed by atoms with Gasteiger partial charge in [-0.1, -0.05) is 18.2 Å². The highest BCUT2D eigenvalue weighted by Crippen LogP contribution is 2.10. The van der Waals surface area contributed by atoms with Crippen molar-refractivity contribution in [3.8, 4) is 5.69 Å². The lowest BCUT2D eigenvalue weighted by Crippen LogP contribution is -2.48. The van der Waals surface area contributed by atoms with Gasteiger partial charge in [-0.15, -0.1) is 5.10 Å². The Bertz CT molecular complexity index is 685. The number of hydrogen-bond donors (Lipinski definition) is 1. The van der Waals surface area contributed by atoms with Crippen molar-refractivity contribution in [3.05, 3.63) is 42.5 Å². The molecule has 114 valence electrons. The van der Waals surface area contributed by atoms with Gasteiger partial charge in [-0.25, -0.2) is 14.5 Å². The van der Waals surface area contributed by atoms with Gasteiger partial charge in [0.25, 0.3) is 5.91 Å². The van der Waals surface area contributed by atoms with E-state index in [-0.39, 0.29) is 19.0 Å². The van der Waals surface area contributed by atoms with E-state index in [2.05, 4.69) is 10.1 Å². The first-order chi connectivity index (χ1) is 10.6. The fraction of sp³-hybridized carbons (Fsp3) is 0.286. The highest BCUT2D eigenvalue weighted by Gasteiger charge is 2.30. The van der Waals surface area contributed by atoms with Gasteiger partial charge in [0.05, 0.1) is 18.8 Å². The largest absolute Gasteiger partial charge is 0.479 e. The lowest BCUT2D eigenvalue weighted by atomic mass is 10.2. The predicted molar refractivity (Wildman–Crippen MR) is 74.6 cm³/mol. The number of carboxylic acid groups (broad SMARTS) is 1. The van der Waals surface area contributed by atoms with Gasteiger partial charge >= 0.3 is 5.97 Å². The van der Waals surface area contributed by atoms with Crippen LogP contribution < -0.4 is 0 Å². The van der Waals surface area contributed by atoms with E-state index < -0.39 is 18.0 Å². The van der Waals surface area contributed by atoms with Gasteiger partial charge in [-0.3, -0.25) is 4.79 Å². The topological polar surface area (TPSA) is 97.6 Å². The van der Waals surface area contributed by atoms with Crippen LogP contribution in [0.3, 0.4) is 0 Å². The summed E-state index contributed by atoms with van der Waals surface area (Å²) in [5, 5.41) is 13.1. The van der Waals surface area contributed by atoms with Crippen LogP contribution in [0.5, 0.6) is 0 Å². The molecule has 1 aliphatic heterocycles. The molecule has 8 heteroatoms. The summed E-state index contributed by atoms with van der Waals surface area (Å²) in [7, 11) is 0. The third-order valence-electron chi connectivity index (χ3n) is 3.33. The maximum Gasteiger partial charge on any atom is 0.334 e. The number of morpholine rings is 1. The van der Waals surface area contributed by atoms with Gasteiger partial charge in [-0.2, -0.15) is 0 Å². The number of amides is 1. The fourth-order valence-corrected chi connectivity index (χ4v) is 2.19. The smallest absolute Gasteiger partial charge is 0.334 e. The minimum Gasteiger partial charge on any atom is -0.479 e. The van der Waals surface area contributed by atoms with Crippen molar-refractivity contribution in [1.82, 2.24) is 19.7 Å². The molecule has 2 heterocycles. The van der Waals surface area contributed by atoms with Gasteiger partial charge in [0.15, 0.2) is 6.10 Å². The number of hydrogen-bond acceptors (Lipinski definition) is 5. The van der Waals surface area contributed by atoms with E-state index in [9.17, 15) is 9.59 Å². The Hall–Kier alpha value is -2.74. The molecule has 0 bridgehead atoms. The van der Waals surface area contributed by atoms with Crippen LogP contribution in [0.1, 0.15) is 10.6 Å². The van der Waals surface area contributed by atoms with Gasteiger partial charge in [0, 0.05) is 6.54 Å². The maximum absolute atomic E-state index is 12.4. The van der Waals surface area contributed by atoms with E-state index in [4.69, 9.17) is 9.84 Å². The number of para-hydroxylation sites is 1. The zero-order chi connectivity index (χ0) is 15.5. The average molecular weight is 302 g/mol. The van der Waals surface area contributed by atoms with Crippen LogP contribution in [0.15, 0.2) is 36.7 Å². The summed E-state index contributed by atoms with van der Waals surface area (Å²) in [6.45, 7) is 0.499. The van der Waals surface area contributed by atoms with Crippen molar-refractivity contribution < 1.29 is 19.4 Å². The quantitative estimate of drug-likeness (QED) is 0.869. The zero-order valence-corrected chi connectivity index (χ0v) is 11.6. The van der Waals surface area contributed by atoms with Crippen molar-refractivity contribution in [2.24, 2.45) is 0 Å². The Balaban J connectivity index is 1.76. The summed E-state index contributed by atoms with van der Waals surface area (Å²) in [4.78, 5) is 28.7. The van der Waals surface area contributed by atoms with Crippen LogP contribution in [0.4, 0.5) is 0 Å². The Labute approximate surface area is 125 Å². The van der Waals surface area contributed by atoms with Gasteiger partial charge in [0.2, 0.25) is 5.82 Å². The average Bonchev–Trinajstić information content (AvgIpc) is 3.05. The summed E-state index contributed by atoms with van der Waals surface area (Å²) >= 11 is 0. The van der Waals surface area contributed by atoms with E-state index in [1.807, 2.05) is 30.3 Å². The minimum atomic E-state index is -1.08. The van der Waals surface area contributed by atoms with Crippen LogP contribution in [0.2, 0.25) is 0 Å². The molecule has 0 radical (unpaired) electrons. The third-order valence-corrected chi connectivity index (χ3v) is 3.33. The van der Waals surface area contributed by atoms with E-state index in [0.717, 1.165) is 5.69 Å². The molecule has 1 unspecified atom stereocenters. The molecule has 3 rings (SSSR count). The lowest BCUT2D eigenvalue weighted by Gasteiger charge is -2.29. The van der Waals surface area contributed by atoms with Crippen LogP contribution in [-0.2, 0) is 9.53 Å². The molecule has 1 saturated heterocycles. The molecule has 1 atom stereocenters. The summed E-state index contributed by atoms with van der Waals surface area (Å²) in [5.41, 5.74) is 0.791. The van der Waals surface area contributed by atoms with Gasteiger partial charge in [0.1, 0.15) is 6.33 Å². The molecule has 1 aromatic carbocycles. The SMILES string of the molecule is O=C(O)C1CN(C(=O)c2ncn(-c3ccccc3)n2)CCO1. The fourth-order valence-electron chi connectivity index (χ4n) is 2.19. The number of benzene rings is 1. The van der Waals surface area contributed by atoms with Crippen molar-refractivity contribution in [1.29, 1.82) is 0 Å². The Kier molecular flexibility index (Phi) is 3.84. The van der Waals surface area contributed by atoms with Crippen LogP contribution >= 0.6 is 0 Å². The highest BCUT2D eigenvalue weighted by molar-refractivity contribution is 5.91. The van der Waals surface area contributed by atoms with E-state index in [1.165, 1.54) is 15.9 Å². The summed E-state index contributed by atoms with van der Waals surface area (Å²) in [5.74, 6) is -1.45. The number of aromatic nitrogens is 3. The molecule has 1 aliphatic rings. The number of carboxylic acids is 1. The molecule has 1 N–H and O–H groups in total. The monoisotopic (exact) mass is 302 g/mol. The number of ether oxygens (including phenoxy) is 1. The summed E-state index contributed by atoms with van der Waals surface area (Å²) in [6, 6.07) is 9.29. The molecule has 8 nitrogen and oxygen atoms in total. The van der Waals surface area contributed by atoms with E-state index in [0.29, 0.717) is 6.54 Å². The number of nitrogens with zero attached hydrogens (tertiary/aromatic N) is 4. The predicted octanol–water partition coefficient (Wildman–Crippen LogP) is 0.193. The Morgan fingerprint density at radius 1 is 1.27 bits per heavy atom. The molecule has 0 spiro atoms. The molecule has 1 aromatic heterocycles. The molecule has 1 amide bonds. The van der Waals surface area contributed by atoms with Crippen molar-refractivity contribution in [2.75, 3.05) is 19.7 Å². The van der Waals surface area contributed by atoms with Crippen molar-refractivity contribution >= 4 is 11.9 Å². The van der Waals surface area contributed by atoms with Crippen LogP contribution in [-0.4, -0.2) is 62.4 Å². The minimum absolute atomic E-state index is 0.00591. The Morgan fingerprint density at radius 3 is 2.77 bits per heavy atom. The number of carbonyl (C=O) groups is 2. The number of rotatable bonds is 3. The molecule has 0 aliphatic carbocycles. The van der Waals surface area contributed by atoms with E-state index >= 15 is 0 Å². The van der Waals surface area contributed by atoms with Crippen molar-refractivity contribution in [3.63, 3.8) is 0 Å². The molecular formula is C14H14N4O4. The van der Waals surface area contributed by atoms with E-state index in [1.54, 1.807) is 0 Å². The highest BCUT2D eigenvalue weighted by atomic mass is 16.5. The first-order valence-corrected chi connectivity index (χ1v) is 6.76. The van der Waals surface area contributed by atoms with Gasteiger partial charge < -0.3 is 14.7 Å². The number of aliphatic carboxylic acids is 1. The first-order valence-electron chi connectivity index (χ1n) is 6.76. The molecular weight excluding hydrogens is 288 g/mol. The maximum atomic E-state index is 12.4. The molecule has 22 heavy (non-hydrogen) atoms. The molecule has 0 saturated carbocycles. The Morgan fingerprint density at radius 2 is 2.05 bits per heavy atom. The first kappa shape index (κ1) is 14.2. The number of carbonyl (C=O) groups excluding carboxylic acids is 1. The molecule has 1 fully saturated rings. The second-order valence-corrected chi connectivity index (χ2v) is 4.80. The van der Waals surface area contributed by atoms with Crippen LogP contribution in [0, 0.1) is 0 Å². The lowest BCUT2D eigenvalue weighted by molar-refractivity contribution is -0.154. The summed E-state index contributed by atoms with van der Waals surface area (Å²) < 4.78 is 6.59. The van der Waals surface area contributed by atoms with Crippen LogP contribution in [0.25, 0.3) is 5.69 Å². The van der Waals surface area contributed by atoms with Crippen molar-refractivity contribution in [2.45, 2.75) is 6.10 Å². The normalized spacial score (nSPS) is 18.2. The second kappa shape index (κ2) is 5.94. The third kappa shape index (κ3) is 2.82. The molecule has 2 aromatic rings. The summed E-state index contributed by atoms with van der Waals surface area (Å²) in [6.07, 6.45) is 0.450. The second-order valence-electron chi connectivity index (χ2n) is 4.80. The van der Waals surface area contributed by atoms with Gasteiger partial charge in [-0.05, 0) is 12.1 Å². The zero-order valence-electron chi connectivity index (χ0n) is 11.6. The standard InChI is InChI=1S/C14H14N4O4/c19-13(17-6-7-22-11(8-17)14(20)21)12-15-9-18(16-12)10-4-2-1-3-5-10/h1-5,9,11H,6-8H2,(H,20,21).